The predicted octanol–water partition coefficient (Wildman–Crippen LogP) is 1.88. The molecule has 3 N–H and O–H groups in total. The van der Waals surface area contributed by atoms with Crippen LogP contribution in [0.3, 0.4) is 0 Å². The standard InChI is InChI=1S/C23H27N3O6S/c27-20(24-11-12-25-21(28)17-33-16-19-9-5-2-6-10-19)13-26(14-22(29)30)23(31)32-15-18-7-3-1-4-8-18/h1-10H,11-17H2,(H,24,27)(H,25,28)(H,29,30). The molecule has 0 aliphatic rings. The number of carboxylic acids is 1. The summed E-state index contributed by atoms with van der Waals surface area (Å²) in [6.07, 6.45) is -0.903. The third kappa shape index (κ3) is 11.1. The molecule has 176 valence electrons. The van der Waals surface area contributed by atoms with Gasteiger partial charge in [0.05, 0.1) is 5.75 Å². The molecule has 2 rings (SSSR count). The molecule has 0 aromatic heterocycles. The summed E-state index contributed by atoms with van der Waals surface area (Å²) in [4.78, 5) is 48.1. The molecule has 0 aliphatic carbocycles. The summed E-state index contributed by atoms with van der Waals surface area (Å²) >= 11 is 1.49. The van der Waals surface area contributed by atoms with E-state index in [0.717, 1.165) is 21.8 Å². The van der Waals surface area contributed by atoms with Crippen LogP contribution >= 0.6 is 11.8 Å². The quantitative estimate of drug-likeness (QED) is 0.379. The first-order valence-electron chi connectivity index (χ1n) is 10.3. The molecule has 10 heteroatoms. The molecule has 33 heavy (non-hydrogen) atoms. The lowest BCUT2D eigenvalue weighted by molar-refractivity contribution is -0.138. The lowest BCUT2D eigenvalue weighted by Gasteiger charge is -2.20. The minimum Gasteiger partial charge on any atom is -0.480 e. The van der Waals surface area contributed by atoms with Gasteiger partial charge in [0.25, 0.3) is 0 Å². The van der Waals surface area contributed by atoms with Crippen LogP contribution in [0.25, 0.3) is 0 Å². The van der Waals surface area contributed by atoms with Gasteiger partial charge in [-0.2, -0.15) is 0 Å². The maximum Gasteiger partial charge on any atom is 0.411 e. The van der Waals surface area contributed by atoms with Crippen molar-refractivity contribution in [2.24, 2.45) is 0 Å². The van der Waals surface area contributed by atoms with Gasteiger partial charge in [-0.15, -0.1) is 11.8 Å². The van der Waals surface area contributed by atoms with E-state index in [1.54, 1.807) is 24.3 Å². The van der Waals surface area contributed by atoms with Crippen LogP contribution in [0.2, 0.25) is 0 Å². The highest BCUT2D eigenvalue weighted by atomic mass is 32.2. The van der Waals surface area contributed by atoms with E-state index >= 15 is 0 Å². The molecule has 3 amide bonds. The largest absolute Gasteiger partial charge is 0.480 e. The van der Waals surface area contributed by atoms with Crippen LogP contribution in [0, 0.1) is 0 Å². The number of benzene rings is 2. The summed E-state index contributed by atoms with van der Waals surface area (Å²) < 4.78 is 5.10. The molecule has 0 unspecified atom stereocenters. The molecule has 0 aliphatic heterocycles. The van der Waals surface area contributed by atoms with E-state index in [9.17, 15) is 19.2 Å². The van der Waals surface area contributed by atoms with E-state index in [4.69, 9.17) is 9.84 Å². The Balaban J connectivity index is 1.65. The Bertz CT molecular complexity index is 911. The topological polar surface area (TPSA) is 125 Å². The third-order valence-corrected chi connectivity index (χ3v) is 5.24. The molecule has 2 aromatic carbocycles. The van der Waals surface area contributed by atoms with Gasteiger partial charge >= 0.3 is 12.1 Å². The highest BCUT2D eigenvalue weighted by molar-refractivity contribution is 7.99. The van der Waals surface area contributed by atoms with Crippen molar-refractivity contribution in [3.8, 4) is 0 Å². The number of rotatable bonds is 13. The van der Waals surface area contributed by atoms with Gasteiger partial charge in [-0.25, -0.2) is 4.79 Å². The number of hydrogen-bond donors (Lipinski definition) is 3. The van der Waals surface area contributed by atoms with Gasteiger partial charge in [0, 0.05) is 18.8 Å². The third-order valence-electron chi connectivity index (χ3n) is 4.24. The molecule has 0 radical (unpaired) electrons. The van der Waals surface area contributed by atoms with Crippen molar-refractivity contribution in [2.45, 2.75) is 12.4 Å². The van der Waals surface area contributed by atoms with Crippen LogP contribution < -0.4 is 10.6 Å². The zero-order chi connectivity index (χ0) is 23.9. The summed E-state index contributed by atoms with van der Waals surface area (Å²) in [6.45, 7) is -0.815. The number of hydrogen-bond acceptors (Lipinski definition) is 6. The number of carbonyl (C=O) groups excluding carboxylic acids is 3. The van der Waals surface area contributed by atoms with E-state index in [0.29, 0.717) is 5.75 Å². The van der Waals surface area contributed by atoms with Crippen molar-refractivity contribution in [1.29, 1.82) is 0 Å². The zero-order valence-electron chi connectivity index (χ0n) is 18.1. The molecular formula is C23H27N3O6S. The van der Waals surface area contributed by atoms with E-state index in [1.165, 1.54) is 11.8 Å². The number of aliphatic carboxylic acids is 1. The van der Waals surface area contributed by atoms with Gasteiger partial charge < -0.3 is 20.5 Å². The van der Waals surface area contributed by atoms with Gasteiger partial charge in [-0.1, -0.05) is 60.7 Å². The van der Waals surface area contributed by atoms with E-state index in [1.807, 2.05) is 36.4 Å². The number of nitrogens with zero attached hydrogens (tertiary/aromatic N) is 1. The highest BCUT2D eigenvalue weighted by Gasteiger charge is 2.21. The first kappa shape index (κ1) is 25.7. The van der Waals surface area contributed by atoms with E-state index in [-0.39, 0.29) is 25.6 Å². The normalized spacial score (nSPS) is 10.2. The van der Waals surface area contributed by atoms with Crippen molar-refractivity contribution < 1.29 is 29.0 Å². The second-order valence-corrected chi connectivity index (χ2v) is 7.95. The average molecular weight is 474 g/mol. The predicted molar refractivity (Wildman–Crippen MR) is 124 cm³/mol. The van der Waals surface area contributed by atoms with Crippen molar-refractivity contribution in [3.63, 3.8) is 0 Å². The van der Waals surface area contributed by atoms with Crippen molar-refractivity contribution in [2.75, 3.05) is 31.9 Å². The minimum atomic E-state index is -1.26. The summed E-state index contributed by atoms with van der Waals surface area (Å²) in [7, 11) is 0. The fourth-order valence-corrected chi connectivity index (χ4v) is 3.50. The smallest absolute Gasteiger partial charge is 0.411 e. The molecule has 0 spiro atoms. The number of nitrogens with one attached hydrogen (secondary N) is 2. The van der Waals surface area contributed by atoms with Crippen LogP contribution in [0.4, 0.5) is 4.79 Å². The Morgan fingerprint density at radius 1 is 0.818 bits per heavy atom. The summed E-state index contributed by atoms with van der Waals surface area (Å²) in [5.74, 6) is -0.949. The van der Waals surface area contributed by atoms with Gasteiger partial charge in [0.1, 0.15) is 19.7 Å². The second-order valence-electron chi connectivity index (χ2n) is 6.97. The molecule has 0 heterocycles. The zero-order valence-corrected chi connectivity index (χ0v) is 18.9. The van der Waals surface area contributed by atoms with E-state index < -0.39 is 31.1 Å². The Hall–Kier alpha value is -3.53. The van der Waals surface area contributed by atoms with Gasteiger partial charge in [-0.05, 0) is 11.1 Å². The van der Waals surface area contributed by atoms with Gasteiger partial charge in [0.15, 0.2) is 0 Å². The van der Waals surface area contributed by atoms with Gasteiger partial charge in [0.2, 0.25) is 11.8 Å². The first-order valence-corrected chi connectivity index (χ1v) is 11.4. The number of amides is 3. The molecule has 9 nitrogen and oxygen atoms in total. The van der Waals surface area contributed by atoms with Crippen molar-refractivity contribution in [3.05, 3.63) is 71.8 Å². The fraction of sp³-hybridized carbons (Fsp3) is 0.304. The number of carbonyl (C=O) groups is 4. The van der Waals surface area contributed by atoms with Crippen LogP contribution in [0.15, 0.2) is 60.7 Å². The van der Waals surface area contributed by atoms with Crippen LogP contribution in [-0.2, 0) is 31.5 Å². The number of thioether (sulfide) groups is 1. The molecule has 0 saturated heterocycles. The minimum absolute atomic E-state index is 0.0360. The SMILES string of the molecule is O=C(O)CN(CC(=O)NCCNC(=O)CSCc1ccccc1)C(=O)OCc1ccccc1. The van der Waals surface area contributed by atoms with Crippen molar-refractivity contribution >= 4 is 35.6 Å². The van der Waals surface area contributed by atoms with Crippen LogP contribution in [0.1, 0.15) is 11.1 Å². The molecule has 0 bridgehead atoms. The fourth-order valence-electron chi connectivity index (χ4n) is 2.68. The molecular weight excluding hydrogens is 446 g/mol. The maximum atomic E-state index is 12.2. The number of ether oxygens (including phenoxy) is 1. The van der Waals surface area contributed by atoms with E-state index in [2.05, 4.69) is 10.6 Å². The summed E-state index contributed by atoms with van der Waals surface area (Å²) in [6, 6.07) is 18.7. The Labute approximate surface area is 196 Å². The van der Waals surface area contributed by atoms with Crippen molar-refractivity contribution in [1.82, 2.24) is 15.5 Å². The van der Waals surface area contributed by atoms with Crippen LogP contribution in [0.5, 0.6) is 0 Å². The molecule has 0 fully saturated rings. The Morgan fingerprint density at radius 3 is 2.00 bits per heavy atom. The maximum absolute atomic E-state index is 12.2. The van der Waals surface area contributed by atoms with Crippen LogP contribution in [-0.4, -0.2) is 65.8 Å². The Morgan fingerprint density at radius 2 is 1.39 bits per heavy atom. The van der Waals surface area contributed by atoms with Gasteiger partial charge in [-0.3, -0.25) is 19.3 Å². The molecule has 2 aromatic rings. The summed E-state index contributed by atoms with van der Waals surface area (Å²) in [5.41, 5.74) is 1.87. The molecule has 0 saturated carbocycles. The Kier molecular flexibility index (Phi) is 11.3. The first-order chi connectivity index (χ1) is 15.9. The lowest BCUT2D eigenvalue weighted by atomic mass is 10.2. The average Bonchev–Trinajstić information content (AvgIpc) is 2.81. The molecule has 0 atom stereocenters. The highest BCUT2D eigenvalue weighted by Crippen LogP contribution is 2.10. The lowest BCUT2D eigenvalue weighted by Crippen LogP contribution is -2.45. The summed E-state index contributed by atoms with van der Waals surface area (Å²) in [5, 5.41) is 14.3. The monoisotopic (exact) mass is 473 g/mol. The number of carboxylic acid groups (broad SMARTS) is 1. The second kappa shape index (κ2) is 14.5.